The predicted molar refractivity (Wildman–Crippen MR) is 91.6 cm³/mol. The Kier molecular flexibility index (Phi) is 4.94. The van der Waals surface area contributed by atoms with Crippen LogP contribution in [0.5, 0.6) is 5.75 Å². The zero-order chi connectivity index (χ0) is 18.0. The van der Waals surface area contributed by atoms with Crippen molar-refractivity contribution < 1.29 is 22.7 Å². The quantitative estimate of drug-likeness (QED) is 0.803. The van der Waals surface area contributed by atoms with Crippen molar-refractivity contribution in [1.29, 1.82) is 0 Å². The van der Waals surface area contributed by atoms with Crippen LogP contribution in [0.3, 0.4) is 0 Å². The van der Waals surface area contributed by atoms with Crippen LogP contribution in [-0.2, 0) is 16.4 Å². The van der Waals surface area contributed by atoms with Crippen LogP contribution in [-0.4, -0.2) is 39.3 Å². The van der Waals surface area contributed by atoms with E-state index >= 15 is 0 Å². The third-order valence-electron chi connectivity index (χ3n) is 4.06. The van der Waals surface area contributed by atoms with Gasteiger partial charge in [-0.15, -0.1) is 0 Å². The van der Waals surface area contributed by atoms with Crippen molar-refractivity contribution in [2.75, 3.05) is 24.6 Å². The van der Waals surface area contributed by atoms with E-state index in [-0.39, 0.29) is 17.3 Å². The van der Waals surface area contributed by atoms with Gasteiger partial charge in [0.2, 0.25) is 10.0 Å². The van der Waals surface area contributed by atoms with Crippen LogP contribution in [0.1, 0.15) is 5.56 Å². The number of fused-ring (bicyclic) bond motifs is 1. The van der Waals surface area contributed by atoms with Crippen LogP contribution in [0.25, 0.3) is 0 Å². The van der Waals surface area contributed by atoms with Gasteiger partial charge in [-0.05, 0) is 54.4 Å². The number of aliphatic hydroxyl groups excluding tert-OH is 1. The summed E-state index contributed by atoms with van der Waals surface area (Å²) >= 11 is 0. The topological polar surface area (TPSA) is 92.9 Å². The highest BCUT2D eigenvalue weighted by Crippen LogP contribution is 2.30. The number of nitrogens with zero attached hydrogens (tertiary/aromatic N) is 1. The number of hydrogen-bond acceptors (Lipinski definition) is 5. The van der Waals surface area contributed by atoms with E-state index in [0.29, 0.717) is 25.3 Å². The Bertz CT molecular complexity index is 855. The molecule has 1 aliphatic heterocycles. The van der Waals surface area contributed by atoms with Gasteiger partial charge in [-0.1, -0.05) is 0 Å². The Balaban J connectivity index is 1.60. The van der Waals surface area contributed by atoms with Crippen molar-refractivity contribution in [2.24, 2.45) is 5.14 Å². The van der Waals surface area contributed by atoms with Gasteiger partial charge in [0.15, 0.2) is 0 Å². The third-order valence-corrected chi connectivity index (χ3v) is 4.97. The molecule has 0 aliphatic carbocycles. The molecule has 0 spiro atoms. The van der Waals surface area contributed by atoms with E-state index < -0.39 is 16.1 Å². The van der Waals surface area contributed by atoms with Gasteiger partial charge in [0.05, 0.1) is 4.90 Å². The molecule has 3 rings (SSSR count). The van der Waals surface area contributed by atoms with Gasteiger partial charge < -0.3 is 14.7 Å². The average Bonchev–Trinajstić information content (AvgIpc) is 2.96. The van der Waals surface area contributed by atoms with Crippen LogP contribution in [0.15, 0.2) is 47.4 Å². The number of β-amino-alcohol motifs (C(OH)–C–C–N with tert-alkyl or cyclic N) is 1. The molecule has 8 heteroatoms. The van der Waals surface area contributed by atoms with Gasteiger partial charge in [-0.2, -0.15) is 0 Å². The van der Waals surface area contributed by atoms with Gasteiger partial charge in [-0.25, -0.2) is 17.9 Å². The largest absolute Gasteiger partial charge is 0.491 e. The number of ether oxygens (including phenoxy) is 1. The molecule has 0 radical (unpaired) electrons. The zero-order valence-electron chi connectivity index (χ0n) is 13.4. The first-order valence-corrected chi connectivity index (χ1v) is 9.34. The van der Waals surface area contributed by atoms with E-state index in [9.17, 15) is 17.9 Å². The molecule has 0 aromatic heterocycles. The predicted octanol–water partition coefficient (Wildman–Crippen LogP) is 1.28. The third kappa shape index (κ3) is 4.28. The standard InChI is InChI=1S/C17H19FN2O4S/c18-13-1-3-15(4-2-13)24-11-14(21)10-20-8-7-12-9-16(25(19,22)23)5-6-17(12)20/h1-6,9,14,21H,7-8,10-11H2,(H2,19,22,23). The van der Waals surface area contributed by atoms with E-state index in [1.54, 1.807) is 12.1 Å². The summed E-state index contributed by atoms with van der Waals surface area (Å²) < 4.78 is 41.1. The molecule has 1 atom stereocenters. The van der Waals surface area contributed by atoms with Gasteiger partial charge in [0.1, 0.15) is 24.3 Å². The fourth-order valence-electron chi connectivity index (χ4n) is 2.84. The van der Waals surface area contributed by atoms with Gasteiger partial charge >= 0.3 is 0 Å². The minimum atomic E-state index is -3.72. The van der Waals surface area contributed by atoms with E-state index in [1.165, 1.54) is 30.3 Å². The highest BCUT2D eigenvalue weighted by Gasteiger charge is 2.23. The molecule has 1 unspecified atom stereocenters. The highest BCUT2D eigenvalue weighted by molar-refractivity contribution is 7.89. The van der Waals surface area contributed by atoms with Crippen molar-refractivity contribution in [2.45, 2.75) is 17.4 Å². The molecule has 2 aromatic carbocycles. The molecule has 1 heterocycles. The second kappa shape index (κ2) is 6.99. The number of halogens is 1. The molecule has 0 saturated heterocycles. The Morgan fingerprint density at radius 1 is 1.24 bits per heavy atom. The first kappa shape index (κ1) is 17.7. The smallest absolute Gasteiger partial charge is 0.238 e. The average molecular weight is 366 g/mol. The molecule has 0 saturated carbocycles. The van der Waals surface area contributed by atoms with Gasteiger partial charge in [0, 0.05) is 18.8 Å². The Morgan fingerprint density at radius 3 is 2.64 bits per heavy atom. The zero-order valence-corrected chi connectivity index (χ0v) is 14.2. The van der Waals surface area contributed by atoms with E-state index in [4.69, 9.17) is 9.88 Å². The number of sulfonamides is 1. The number of primary sulfonamides is 1. The number of hydrogen-bond donors (Lipinski definition) is 2. The summed E-state index contributed by atoms with van der Waals surface area (Å²) in [6, 6.07) is 10.3. The number of nitrogens with two attached hydrogens (primary N) is 1. The normalized spacial score (nSPS) is 15.1. The van der Waals surface area contributed by atoms with Crippen molar-refractivity contribution in [3.8, 4) is 5.75 Å². The van der Waals surface area contributed by atoms with Crippen LogP contribution in [0.4, 0.5) is 10.1 Å². The number of aliphatic hydroxyl groups is 1. The molecule has 0 bridgehead atoms. The Hall–Kier alpha value is -2.16. The Labute approximate surface area is 145 Å². The number of rotatable bonds is 6. The second-order valence-electron chi connectivity index (χ2n) is 5.95. The van der Waals surface area contributed by atoms with Crippen LogP contribution in [0, 0.1) is 5.82 Å². The monoisotopic (exact) mass is 366 g/mol. The molecule has 2 aromatic rings. The molecule has 3 N–H and O–H groups in total. The molecule has 0 fully saturated rings. The minimum Gasteiger partial charge on any atom is -0.491 e. The lowest BCUT2D eigenvalue weighted by atomic mass is 10.2. The number of benzene rings is 2. The highest BCUT2D eigenvalue weighted by atomic mass is 32.2. The molecular weight excluding hydrogens is 347 g/mol. The summed E-state index contributed by atoms with van der Waals surface area (Å²) in [5.74, 6) is 0.139. The lowest BCUT2D eigenvalue weighted by Crippen LogP contribution is -2.34. The van der Waals surface area contributed by atoms with Crippen LogP contribution in [0.2, 0.25) is 0 Å². The molecular formula is C17H19FN2O4S. The van der Waals surface area contributed by atoms with Crippen molar-refractivity contribution in [3.05, 3.63) is 53.8 Å². The van der Waals surface area contributed by atoms with Crippen molar-refractivity contribution in [3.63, 3.8) is 0 Å². The lowest BCUT2D eigenvalue weighted by molar-refractivity contribution is 0.112. The second-order valence-corrected chi connectivity index (χ2v) is 7.51. The number of anilines is 1. The fourth-order valence-corrected chi connectivity index (χ4v) is 3.41. The Morgan fingerprint density at radius 2 is 1.96 bits per heavy atom. The van der Waals surface area contributed by atoms with Crippen molar-refractivity contribution >= 4 is 15.7 Å². The van der Waals surface area contributed by atoms with E-state index in [2.05, 4.69) is 0 Å². The van der Waals surface area contributed by atoms with Gasteiger partial charge in [-0.3, -0.25) is 0 Å². The summed E-state index contributed by atoms with van der Waals surface area (Å²) in [5.41, 5.74) is 1.77. The first-order chi connectivity index (χ1) is 11.8. The summed E-state index contributed by atoms with van der Waals surface area (Å²) in [6.45, 7) is 1.10. The van der Waals surface area contributed by atoms with Crippen molar-refractivity contribution in [1.82, 2.24) is 0 Å². The molecule has 6 nitrogen and oxygen atoms in total. The molecule has 134 valence electrons. The van der Waals surface area contributed by atoms with Gasteiger partial charge in [0.25, 0.3) is 0 Å². The molecule has 25 heavy (non-hydrogen) atoms. The summed E-state index contributed by atoms with van der Waals surface area (Å²) in [6.07, 6.45) is -0.0570. The molecule has 0 amide bonds. The van der Waals surface area contributed by atoms with Crippen LogP contribution < -0.4 is 14.8 Å². The van der Waals surface area contributed by atoms with E-state index in [1.807, 2.05) is 4.90 Å². The lowest BCUT2D eigenvalue weighted by Gasteiger charge is -2.23. The molecule has 1 aliphatic rings. The maximum atomic E-state index is 12.8. The maximum Gasteiger partial charge on any atom is 0.238 e. The minimum absolute atomic E-state index is 0.0761. The van der Waals surface area contributed by atoms with Crippen LogP contribution >= 0.6 is 0 Å². The SMILES string of the molecule is NS(=O)(=O)c1ccc2c(c1)CCN2CC(O)COc1ccc(F)cc1. The summed E-state index contributed by atoms with van der Waals surface area (Å²) in [5, 5.41) is 15.3. The summed E-state index contributed by atoms with van der Waals surface area (Å²) in [7, 11) is -3.72. The summed E-state index contributed by atoms with van der Waals surface area (Å²) in [4.78, 5) is 2.06. The van der Waals surface area contributed by atoms with E-state index in [0.717, 1.165) is 11.3 Å². The maximum absolute atomic E-state index is 12.8. The first-order valence-electron chi connectivity index (χ1n) is 7.80. The fraction of sp³-hybridized carbons (Fsp3) is 0.294.